The third kappa shape index (κ3) is 3.79. The van der Waals surface area contributed by atoms with Crippen molar-refractivity contribution < 1.29 is 14.4 Å². The highest BCUT2D eigenvalue weighted by Crippen LogP contribution is 2.06. The molecule has 7 nitrogen and oxygen atoms in total. The molecule has 1 atom stereocenters. The third-order valence-electron chi connectivity index (χ3n) is 2.65. The standard InChI is InChI=1S/C13H15N3O4/c1-8-5-9(20-16-8)6-13(19)14-7-11(17)10-3-2-4-12(18)15-10/h2-5,11,17H,6-7H2,1H3,(H,14,19)(H,15,18). The maximum absolute atomic E-state index is 11.6. The van der Waals surface area contributed by atoms with Crippen molar-refractivity contribution in [2.24, 2.45) is 0 Å². The summed E-state index contributed by atoms with van der Waals surface area (Å²) in [5, 5.41) is 16.1. The van der Waals surface area contributed by atoms with Gasteiger partial charge in [0.1, 0.15) is 11.9 Å². The van der Waals surface area contributed by atoms with E-state index in [1.165, 1.54) is 12.1 Å². The zero-order valence-corrected chi connectivity index (χ0v) is 10.9. The smallest absolute Gasteiger partial charge is 0.248 e. The second kappa shape index (κ2) is 6.16. The summed E-state index contributed by atoms with van der Waals surface area (Å²) in [6, 6.07) is 6.14. The van der Waals surface area contributed by atoms with E-state index in [2.05, 4.69) is 15.5 Å². The lowest BCUT2D eigenvalue weighted by molar-refractivity contribution is -0.121. The number of pyridine rings is 1. The van der Waals surface area contributed by atoms with Gasteiger partial charge in [0.15, 0.2) is 0 Å². The Balaban J connectivity index is 1.85. The number of aromatic nitrogens is 2. The zero-order valence-electron chi connectivity index (χ0n) is 10.9. The Morgan fingerprint density at radius 2 is 2.35 bits per heavy atom. The lowest BCUT2D eigenvalue weighted by atomic mass is 10.2. The van der Waals surface area contributed by atoms with Gasteiger partial charge in [0.25, 0.3) is 0 Å². The summed E-state index contributed by atoms with van der Waals surface area (Å²) in [5.74, 6) is 0.168. The van der Waals surface area contributed by atoms with E-state index in [0.717, 1.165) is 0 Å². The van der Waals surface area contributed by atoms with E-state index in [0.29, 0.717) is 17.1 Å². The number of aromatic amines is 1. The number of aryl methyl sites for hydroxylation is 1. The van der Waals surface area contributed by atoms with Gasteiger partial charge in [-0.25, -0.2) is 0 Å². The molecule has 2 rings (SSSR count). The first-order chi connectivity index (χ1) is 9.54. The van der Waals surface area contributed by atoms with E-state index in [-0.39, 0.29) is 24.4 Å². The summed E-state index contributed by atoms with van der Waals surface area (Å²) in [4.78, 5) is 25.2. The number of aliphatic hydroxyl groups excluding tert-OH is 1. The summed E-state index contributed by atoms with van der Waals surface area (Å²) < 4.78 is 4.92. The van der Waals surface area contributed by atoms with Crippen LogP contribution in [0.5, 0.6) is 0 Å². The molecule has 20 heavy (non-hydrogen) atoms. The molecule has 7 heteroatoms. The van der Waals surface area contributed by atoms with Gasteiger partial charge < -0.3 is 19.9 Å². The molecule has 0 saturated heterocycles. The molecule has 1 amide bonds. The average molecular weight is 277 g/mol. The number of rotatable bonds is 5. The number of H-pyrrole nitrogens is 1. The molecule has 0 fully saturated rings. The second-order valence-electron chi connectivity index (χ2n) is 4.40. The predicted molar refractivity (Wildman–Crippen MR) is 70.0 cm³/mol. The second-order valence-corrected chi connectivity index (χ2v) is 4.40. The minimum atomic E-state index is -0.968. The van der Waals surface area contributed by atoms with E-state index >= 15 is 0 Å². The Bertz CT molecular complexity index is 647. The van der Waals surface area contributed by atoms with Crippen LogP contribution in [0, 0.1) is 6.92 Å². The van der Waals surface area contributed by atoms with Crippen LogP contribution in [-0.4, -0.2) is 27.7 Å². The molecule has 2 aromatic heterocycles. The van der Waals surface area contributed by atoms with Crippen molar-refractivity contribution in [2.75, 3.05) is 6.54 Å². The average Bonchev–Trinajstić information content (AvgIpc) is 2.81. The Hall–Kier alpha value is -2.41. The lowest BCUT2D eigenvalue weighted by Crippen LogP contribution is -2.30. The quantitative estimate of drug-likeness (QED) is 0.716. The lowest BCUT2D eigenvalue weighted by Gasteiger charge is -2.11. The van der Waals surface area contributed by atoms with Crippen LogP contribution in [-0.2, 0) is 11.2 Å². The van der Waals surface area contributed by atoms with Crippen LogP contribution in [0.2, 0.25) is 0 Å². The van der Waals surface area contributed by atoms with Crippen LogP contribution in [0.1, 0.15) is 23.3 Å². The number of carbonyl (C=O) groups excluding carboxylic acids is 1. The van der Waals surface area contributed by atoms with Crippen LogP contribution in [0.3, 0.4) is 0 Å². The molecule has 0 aliphatic carbocycles. The van der Waals surface area contributed by atoms with Gasteiger partial charge in [0.2, 0.25) is 11.5 Å². The van der Waals surface area contributed by atoms with Gasteiger partial charge >= 0.3 is 0 Å². The van der Waals surface area contributed by atoms with Crippen molar-refractivity contribution in [1.29, 1.82) is 0 Å². The molecular weight excluding hydrogens is 262 g/mol. The summed E-state index contributed by atoms with van der Waals surface area (Å²) in [5.41, 5.74) is 0.757. The van der Waals surface area contributed by atoms with Gasteiger partial charge in [-0.2, -0.15) is 0 Å². The van der Waals surface area contributed by atoms with Crippen molar-refractivity contribution in [3.63, 3.8) is 0 Å². The molecule has 2 heterocycles. The van der Waals surface area contributed by atoms with Gasteiger partial charge in [-0.3, -0.25) is 9.59 Å². The fourth-order valence-corrected chi connectivity index (χ4v) is 1.70. The topological polar surface area (TPSA) is 108 Å². The minimum absolute atomic E-state index is 0.00586. The SMILES string of the molecule is Cc1cc(CC(=O)NCC(O)c2cccc(=O)[nH]2)on1. The molecule has 1 unspecified atom stereocenters. The van der Waals surface area contributed by atoms with Crippen LogP contribution < -0.4 is 10.9 Å². The number of nitrogens with one attached hydrogen (secondary N) is 2. The molecule has 2 aromatic rings. The summed E-state index contributed by atoms with van der Waals surface area (Å²) in [6.45, 7) is 1.77. The van der Waals surface area contributed by atoms with Crippen molar-refractivity contribution in [3.8, 4) is 0 Å². The number of hydrogen-bond donors (Lipinski definition) is 3. The van der Waals surface area contributed by atoms with Crippen LogP contribution in [0.4, 0.5) is 0 Å². The number of amides is 1. The largest absolute Gasteiger partial charge is 0.385 e. The van der Waals surface area contributed by atoms with Crippen molar-refractivity contribution in [2.45, 2.75) is 19.4 Å². The third-order valence-corrected chi connectivity index (χ3v) is 2.65. The molecule has 0 saturated carbocycles. The van der Waals surface area contributed by atoms with Crippen molar-refractivity contribution in [1.82, 2.24) is 15.5 Å². The maximum Gasteiger partial charge on any atom is 0.248 e. The molecular formula is C13H15N3O4. The molecule has 0 bridgehead atoms. The Labute approximate surface area is 114 Å². The van der Waals surface area contributed by atoms with Crippen molar-refractivity contribution >= 4 is 5.91 Å². The first kappa shape index (κ1) is 14.0. The van der Waals surface area contributed by atoms with Crippen LogP contribution in [0.25, 0.3) is 0 Å². The van der Waals surface area contributed by atoms with Gasteiger partial charge in [-0.15, -0.1) is 0 Å². The van der Waals surface area contributed by atoms with Crippen molar-refractivity contribution in [3.05, 3.63) is 51.8 Å². The molecule has 0 spiro atoms. The molecule has 0 radical (unpaired) electrons. The van der Waals surface area contributed by atoms with Gasteiger partial charge in [-0.1, -0.05) is 11.2 Å². The van der Waals surface area contributed by atoms with E-state index in [4.69, 9.17) is 4.52 Å². The summed E-state index contributed by atoms with van der Waals surface area (Å²) in [6.07, 6.45) is -0.914. The first-order valence-corrected chi connectivity index (χ1v) is 6.11. The Morgan fingerprint density at radius 3 is 3.00 bits per heavy atom. The minimum Gasteiger partial charge on any atom is -0.385 e. The zero-order chi connectivity index (χ0) is 14.5. The number of carbonyl (C=O) groups is 1. The predicted octanol–water partition coefficient (Wildman–Crippen LogP) is 0.0636. The molecule has 106 valence electrons. The highest BCUT2D eigenvalue weighted by molar-refractivity contribution is 5.77. The van der Waals surface area contributed by atoms with Gasteiger partial charge in [0.05, 0.1) is 12.1 Å². The number of hydrogen-bond acceptors (Lipinski definition) is 5. The fraction of sp³-hybridized carbons (Fsp3) is 0.308. The Kier molecular flexibility index (Phi) is 4.31. The van der Waals surface area contributed by atoms with Crippen LogP contribution >= 0.6 is 0 Å². The highest BCUT2D eigenvalue weighted by Gasteiger charge is 2.12. The van der Waals surface area contributed by atoms with E-state index in [1.807, 2.05) is 0 Å². The van der Waals surface area contributed by atoms with Gasteiger partial charge in [0, 0.05) is 24.4 Å². The monoisotopic (exact) mass is 277 g/mol. The first-order valence-electron chi connectivity index (χ1n) is 6.11. The highest BCUT2D eigenvalue weighted by atomic mass is 16.5. The fourth-order valence-electron chi connectivity index (χ4n) is 1.70. The van der Waals surface area contributed by atoms with E-state index in [9.17, 15) is 14.7 Å². The van der Waals surface area contributed by atoms with Gasteiger partial charge in [-0.05, 0) is 13.0 Å². The normalized spacial score (nSPS) is 12.1. The molecule has 3 N–H and O–H groups in total. The molecule has 0 aliphatic rings. The molecule has 0 aromatic carbocycles. The number of nitrogens with zero attached hydrogens (tertiary/aromatic N) is 1. The van der Waals surface area contributed by atoms with E-state index in [1.54, 1.807) is 19.1 Å². The summed E-state index contributed by atoms with van der Waals surface area (Å²) >= 11 is 0. The summed E-state index contributed by atoms with van der Waals surface area (Å²) in [7, 11) is 0. The number of aliphatic hydroxyl groups is 1. The molecule has 0 aliphatic heterocycles. The van der Waals surface area contributed by atoms with Crippen LogP contribution in [0.15, 0.2) is 33.6 Å². The maximum atomic E-state index is 11.6. The van der Waals surface area contributed by atoms with E-state index < -0.39 is 6.10 Å². The Morgan fingerprint density at radius 1 is 1.55 bits per heavy atom.